The summed E-state index contributed by atoms with van der Waals surface area (Å²) in [4.78, 5) is 0. The molecule has 0 saturated heterocycles. The topological polar surface area (TPSA) is 49.8 Å². The van der Waals surface area contributed by atoms with Crippen molar-refractivity contribution in [1.29, 1.82) is 5.26 Å². The first-order valence-electron chi connectivity index (χ1n) is 4.89. The monoisotopic (exact) mass is 188 g/mol. The lowest BCUT2D eigenvalue weighted by Crippen LogP contribution is -2.02. The zero-order valence-electron chi connectivity index (χ0n) is 8.80. The van der Waals surface area contributed by atoms with Gasteiger partial charge < -0.3 is 5.73 Å². The summed E-state index contributed by atoms with van der Waals surface area (Å²) in [5.74, 6) is 0. The van der Waals surface area contributed by atoms with Gasteiger partial charge in [0.15, 0.2) is 0 Å². The van der Waals surface area contributed by atoms with Crippen LogP contribution >= 0.6 is 0 Å². The number of nitrogens with two attached hydrogens (primary N) is 1. The summed E-state index contributed by atoms with van der Waals surface area (Å²) in [5.41, 5.74) is 9.96. The van der Waals surface area contributed by atoms with Gasteiger partial charge in [-0.1, -0.05) is 0 Å². The SMILES string of the molecule is Cc1cc(C#N)cc(CCCN)c1C. The molecule has 2 heteroatoms. The van der Waals surface area contributed by atoms with Crippen molar-refractivity contribution in [2.75, 3.05) is 6.54 Å². The van der Waals surface area contributed by atoms with E-state index < -0.39 is 0 Å². The normalized spacial score (nSPS) is 9.86. The van der Waals surface area contributed by atoms with Crippen molar-refractivity contribution in [3.05, 3.63) is 34.4 Å². The Balaban J connectivity index is 3.02. The number of nitrogens with zero attached hydrogens (tertiary/aromatic N) is 1. The van der Waals surface area contributed by atoms with E-state index in [1.807, 2.05) is 19.1 Å². The molecule has 1 rings (SSSR count). The van der Waals surface area contributed by atoms with E-state index in [-0.39, 0.29) is 0 Å². The highest BCUT2D eigenvalue weighted by Crippen LogP contribution is 2.17. The van der Waals surface area contributed by atoms with Gasteiger partial charge in [-0.15, -0.1) is 0 Å². The van der Waals surface area contributed by atoms with Gasteiger partial charge in [-0.2, -0.15) is 5.26 Å². The lowest BCUT2D eigenvalue weighted by atomic mass is 9.97. The van der Waals surface area contributed by atoms with E-state index in [1.165, 1.54) is 16.7 Å². The molecule has 0 spiro atoms. The Morgan fingerprint density at radius 3 is 2.64 bits per heavy atom. The molecule has 0 aliphatic carbocycles. The van der Waals surface area contributed by atoms with Crippen molar-refractivity contribution in [3.63, 3.8) is 0 Å². The van der Waals surface area contributed by atoms with Crippen molar-refractivity contribution in [1.82, 2.24) is 0 Å². The van der Waals surface area contributed by atoms with Gasteiger partial charge in [0.1, 0.15) is 0 Å². The van der Waals surface area contributed by atoms with Gasteiger partial charge in [0.2, 0.25) is 0 Å². The molecule has 1 aromatic rings. The molecule has 0 heterocycles. The molecule has 2 nitrogen and oxygen atoms in total. The minimum atomic E-state index is 0.704. The van der Waals surface area contributed by atoms with Crippen LogP contribution in [0.2, 0.25) is 0 Å². The first-order valence-corrected chi connectivity index (χ1v) is 4.89. The molecule has 1 aromatic carbocycles. The molecule has 0 aliphatic rings. The molecule has 0 fully saturated rings. The molecular formula is C12H16N2. The number of hydrogen-bond donors (Lipinski definition) is 1. The van der Waals surface area contributed by atoms with Crippen LogP contribution in [0.5, 0.6) is 0 Å². The van der Waals surface area contributed by atoms with Crippen LogP contribution in [-0.2, 0) is 6.42 Å². The molecule has 0 amide bonds. The fraction of sp³-hybridized carbons (Fsp3) is 0.417. The Kier molecular flexibility index (Phi) is 3.67. The summed E-state index contributed by atoms with van der Waals surface area (Å²) in [6, 6.07) is 6.08. The molecule has 0 radical (unpaired) electrons. The second kappa shape index (κ2) is 4.78. The largest absolute Gasteiger partial charge is 0.330 e. The lowest BCUT2D eigenvalue weighted by molar-refractivity contribution is 0.826. The van der Waals surface area contributed by atoms with Crippen LogP contribution in [-0.4, -0.2) is 6.54 Å². The molecule has 14 heavy (non-hydrogen) atoms. The van der Waals surface area contributed by atoms with Gasteiger partial charge in [-0.05, 0) is 62.1 Å². The Morgan fingerprint density at radius 1 is 1.36 bits per heavy atom. The standard InChI is InChI=1S/C12H16N2/c1-9-6-11(8-14)7-12(10(9)2)4-3-5-13/h6-7H,3-5,13H2,1-2H3. The van der Waals surface area contributed by atoms with E-state index >= 15 is 0 Å². The van der Waals surface area contributed by atoms with Crippen molar-refractivity contribution in [2.24, 2.45) is 5.73 Å². The number of rotatable bonds is 3. The maximum Gasteiger partial charge on any atom is 0.0991 e. The van der Waals surface area contributed by atoms with Crippen molar-refractivity contribution in [3.8, 4) is 6.07 Å². The number of benzene rings is 1. The van der Waals surface area contributed by atoms with Crippen molar-refractivity contribution in [2.45, 2.75) is 26.7 Å². The molecule has 0 atom stereocenters. The fourth-order valence-corrected chi connectivity index (χ4v) is 1.55. The highest BCUT2D eigenvalue weighted by Gasteiger charge is 2.03. The van der Waals surface area contributed by atoms with Gasteiger partial charge in [-0.3, -0.25) is 0 Å². The van der Waals surface area contributed by atoms with E-state index in [4.69, 9.17) is 11.0 Å². The zero-order chi connectivity index (χ0) is 10.6. The van der Waals surface area contributed by atoms with E-state index in [9.17, 15) is 0 Å². The smallest absolute Gasteiger partial charge is 0.0991 e. The summed E-state index contributed by atoms with van der Waals surface area (Å²) >= 11 is 0. The van der Waals surface area contributed by atoms with Gasteiger partial charge in [0.05, 0.1) is 11.6 Å². The first kappa shape index (κ1) is 10.7. The molecule has 74 valence electrons. The molecule has 2 N–H and O–H groups in total. The predicted molar refractivity (Wildman–Crippen MR) is 58.0 cm³/mol. The third-order valence-electron chi connectivity index (χ3n) is 2.55. The van der Waals surface area contributed by atoms with Crippen LogP contribution in [0.25, 0.3) is 0 Å². The average Bonchev–Trinajstić information content (AvgIpc) is 2.20. The van der Waals surface area contributed by atoms with Gasteiger partial charge in [0, 0.05) is 0 Å². The van der Waals surface area contributed by atoms with E-state index in [0.717, 1.165) is 18.4 Å². The Hall–Kier alpha value is -1.33. The number of nitriles is 1. The summed E-state index contributed by atoms with van der Waals surface area (Å²) in [6.45, 7) is 4.85. The predicted octanol–water partition coefficient (Wildman–Crippen LogP) is 2.07. The summed E-state index contributed by atoms with van der Waals surface area (Å²) in [6.07, 6.45) is 1.95. The third-order valence-corrected chi connectivity index (χ3v) is 2.55. The van der Waals surface area contributed by atoms with E-state index in [1.54, 1.807) is 0 Å². The maximum absolute atomic E-state index is 8.83. The van der Waals surface area contributed by atoms with Crippen LogP contribution in [0.1, 0.15) is 28.7 Å². The highest BCUT2D eigenvalue weighted by molar-refractivity contribution is 5.42. The Morgan fingerprint density at radius 2 is 2.07 bits per heavy atom. The first-order chi connectivity index (χ1) is 6.69. The molecule has 0 saturated carbocycles. The summed E-state index contributed by atoms with van der Waals surface area (Å²) in [7, 11) is 0. The summed E-state index contributed by atoms with van der Waals surface area (Å²) in [5, 5.41) is 8.83. The molecular weight excluding hydrogens is 172 g/mol. The molecule has 0 unspecified atom stereocenters. The molecule has 0 aromatic heterocycles. The van der Waals surface area contributed by atoms with Crippen LogP contribution in [0.4, 0.5) is 0 Å². The quantitative estimate of drug-likeness (QED) is 0.789. The van der Waals surface area contributed by atoms with Gasteiger partial charge >= 0.3 is 0 Å². The van der Waals surface area contributed by atoms with Crippen LogP contribution in [0.15, 0.2) is 12.1 Å². The van der Waals surface area contributed by atoms with E-state index in [2.05, 4.69) is 13.0 Å². The highest BCUT2D eigenvalue weighted by atomic mass is 14.5. The van der Waals surface area contributed by atoms with Crippen molar-refractivity contribution < 1.29 is 0 Å². The average molecular weight is 188 g/mol. The fourth-order valence-electron chi connectivity index (χ4n) is 1.55. The van der Waals surface area contributed by atoms with Crippen molar-refractivity contribution >= 4 is 0 Å². The minimum absolute atomic E-state index is 0.704. The lowest BCUT2D eigenvalue weighted by Gasteiger charge is -2.08. The Labute approximate surface area is 85.4 Å². The second-order valence-corrected chi connectivity index (χ2v) is 3.58. The Bertz CT molecular complexity index is 361. The minimum Gasteiger partial charge on any atom is -0.330 e. The molecule has 0 aliphatic heterocycles. The van der Waals surface area contributed by atoms with Crippen LogP contribution in [0, 0.1) is 25.2 Å². The molecule has 0 bridgehead atoms. The van der Waals surface area contributed by atoms with Crippen LogP contribution < -0.4 is 5.73 Å². The van der Waals surface area contributed by atoms with Gasteiger partial charge in [0.25, 0.3) is 0 Å². The zero-order valence-corrected chi connectivity index (χ0v) is 8.80. The summed E-state index contributed by atoms with van der Waals surface area (Å²) < 4.78 is 0. The number of hydrogen-bond acceptors (Lipinski definition) is 2. The number of aryl methyl sites for hydroxylation is 2. The maximum atomic E-state index is 8.83. The van der Waals surface area contributed by atoms with Crippen LogP contribution in [0.3, 0.4) is 0 Å². The second-order valence-electron chi connectivity index (χ2n) is 3.58. The third kappa shape index (κ3) is 2.34. The van der Waals surface area contributed by atoms with E-state index in [0.29, 0.717) is 6.54 Å². The van der Waals surface area contributed by atoms with Gasteiger partial charge in [-0.25, -0.2) is 0 Å².